The van der Waals surface area contributed by atoms with Gasteiger partial charge in [-0.05, 0) is 61.9 Å². The first-order chi connectivity index (χ1) is 16.6. The molecule has 4 rings (SSSR count). The van der Waals surface area contributed by atoms with Gasteiger partial charge in [0, 0.05) is 12.5 Å². The summed E-state index contributed by atoms with van der Waals surface area (Å²) >= 11 is 0. The third kappa shape index (κ3) is 5.08. The van der Waals surface area contributed by atoms with Crippen molar-refractivity contribution in [3.8, 4) is 5.69 Å². The highest BCUT2D eigenvalue weighted by atomic mass is 16.2. The molecule has 0 saturated heterocycles. The summed E-state index contributed by atoms with van der Waals surface area (Å²) in [4.78, 5) is 34.3. The first kappa shape index (κ1) is 24.2. The van der Waals surface area contributed by atoms with Gasteiger partial charge >= 0.3 is 0 Å². The smallest absolute Gasteiger partial charge is 0.266 e. The SMILES string of the molecule is CCCCCCN(C(=O)C1CC1)C(CC)c1nc2ccccc2c(=O)n1-c1ccc(CC)cc1. The topological polar surface area (TPSA) is 55.2 Å². The number of fused-ring (bicyclic) bond motifs is 1. The Balaban J connectivity index is 1.84. The van der Waals surface area contributed by atoms with Crippen molar-refractivity contribution in [3.05, 3.63) is 70.3 Å². The highest BCUT2D eigenvalue weighted by Crippen LogP contribution is 2.35. The molecule has 1 atom stereocenters. The highest BCUT2D eigenvalue weighted by Gasteiger charge is 2.37. The number of aryl methyl sites for hydroxylation is 1. The van der Waals surface area contributed by atoms with Crippen LogP contribution in [0.25, 0.3) is 16.6 Å². The van der Waals surface area contributed by atoms with E-state index in [-0.39, 0.29) is 23.4 Å². The van der Waals surface area contributed by atoms with Crippen LogP contribution in [-0.4, -0.2) is 26.9 Å². The number of carbonyl (C=O) groups excluding carboxylic acids is 1. The maximum Gasteiger partial charge on any atom is 0.266 e. The Kier molecular flexibility index (Phi) is 7.81. The minimum atomic E-state index is -0.238. The Hall–Kier alpha value is -2.95. The van der Waals surface area contributed by atoms with Gasteiger partial charge in [0.05, 0.1) is 22.6 Å². The maximum absolute atomic E-state index is 13.8. The Morgan fingerprint density at radius 3 is 2.41 bits per heavy atom. The number of nitrogens with zero attached hydrogens (tertiary/aromatic N) is 3. The molecule has 1 aliphatic carbocycles. The average Bonchev–Trinajstić information content (AvgIpc) is 3.71. The van der Waals surface area contributed by atoms with Crippen molar-refractivity contribution >= 4 is 16.8 Å². The van der Waals surface area contributed by atoms with Crippen LogP contribution in [0.5, 0.6) is 0 Å². The molecule has 1 fully saturated rings. The number of rotatable bonds is 11. The Labute approximate surface area is 202 Å². The highest BCUT2D eigenvalue weighted by molar-refractivity contribution is 5.82. The zero-order valence-corrected chi connectivity index (χ0v) is 20.8. The molecule has 1 aromatic heterocycles. The lowest BCUT2D eigenvalue weighted by atomic mass is 10.1. The minimum absolute atomic E-state index is 0.0758. The minimum Gasteiger partial charge on any atom is -0.332 e. The summed E-state index contributed by atoms with van der Waals surface area (Å²) in [5, 5.41) is 0.601. The molecule has 1 saturated carbocycles. The summed E-state index contributed by atoms with van der Waals surface area (Å²) < 4.78 is 1.75. The molecule has 0 spiro atoms. The van der Waals surface area contributed by atoms with E-state index in [1.807, 2.05) is 41.3 Å². The van der Waals surface area contributed by atoms with Gasteiger partial charge in [0.15, 0.2) is 0 Å². The van der Waals surface area contributed by atoms with Crippen LogP contribution in [0.2, 0.25) is 0 Å². The lowest BCUT2D eigenvalue weighted by Gasteiger charge is -2.32. The van der Waals surface area contributed by atoms with Crippen molar-refractivity contribution < 1.29 is 4.79 Å². The number of unbranched alkanes of at least 4 members (excludes halogenated alkanes) is 3. The molecule has 5 heteroatoms. The monoisotopic (exact) mass is 459 g/mol. The van der Waals surface area contributed by atoms with E-state index in [0.29, 0.717) is 29.7 Å². The fraction of sp³-hybridized carbons (Fsp3) is 0.483. The number of amides is 1. The summed E-state index contributed by atoms with van der Waals surface area (Å²) in [5.41, 5.74) is 2.64. The molecule has 5 nitrogen and oxygen atoms in total. The van der Waals surface area contributed by atoms with Crippen molar-refractivity contribution in [2.45, 2.75) is 78.2 Å². The van der Waals surface area contributed by atoms with Crippen LogP contribution < -0.4 is 5.56 Å². The number of benzene rings is 2. The van der Waals surface area contributed by atoms with Crippen LogP contribution in [0.3, 0.4) is 0 Å². The average molecular weight is 460 g/mol. The van der Waals surface area contributed by atoms with Crippen LogP contribution in [0.4, 0.5) is 0 Å². The Morgan fingerprint density at radius 1 is 1.03 bits per heavy atom. The maximum atomic E-state index is 13.8. The predicted molar refractivity (Wildman–Crippen MR) is 138 cm³/mol. The van der Waals surface area contributed by atoms with Crippen LogP contribution in [0, 0.1) is 5.92 Å². The van der Waals surface area contributed by atoms with Gasteiger partial charge in [0.25, 0.3) is 5.56 Å². The molecular weight excluding hydrogens is 422 g/mol. The van der Waals surface area contributed by atoms with Crippen LogP contribution in [-0.2, 0) is 11.2 Å². The fourth-order valence-electron chi connectivity index (χ4n) is 4.74. The third-order valence-electron chi connectivity index (χ3n) is 6.93. The van der Waals surface area contributed by atoms with Crippen molar-refractivity contribution in [1.82, 2.24) is 14.5 Å². The standard InChI is InChI=1S/C29H37N3O2/c1-4-7-8-11-20-31(28(33)22-16-17-22)26(6-3)27-30-25-13-10-9-12-24(25)29(34)32(27)23-18-14-21(5-2)15-19-23/h9-10,12-15,18-19,22,26H,4-8,11,16-17,20H2,1-3H3. The molecule has 1 amide bonds. The zero-order valence-electron chi connectivity index (χ0n) is 20.8. The van der Waals surface area contributed by atoms with E-state index < -0.39 is 0 Å². The normalized spacial score (nSPS) is 14.3. The summed E-state index contributed by atoms with van der Waals surface area (Å²) in [7, 11) is 0. The van der Waals surface area contributed by atoms with Gasteiger partial charge in [-0.3, -0.25) is 14.2 Å². The summed E-state index contributed by atoms with van der Waals surface area (Å²) in [5.74, 6) is 1.02. The molecule has 1 heterocycles. The number of para-hydroxylation sites is 1. The molecule has 180 valence electrons. The van der Waals surface area contributed by atoms with E-state index in [2.05, 4.69) is 32.9 Å². The van der Waals surface area contributed by atoms with E-state index in [4.69, 9.17) is 4.98 Å². The molecule has 0 radical (unpaired) electrons. The fourth-order valence-corrected chi connectivity index (χ4v) is 4.74. The second-order valence-electron chi connectivity index (χ2n) is 9.44. The largest absolute Gasteiger partial charge is 0.332 e. The number of hydrogen-bond donors (Lipinski definition) is 0. The van der Waals surface area contributed by atoms with Crippen LogP contribution in [0.15, 0.2) is 53.3 Å². The van der Waals surface area contributed by atoms with E-state index in [1.54, 1.807) is 4.57 Å². The predicted octanol–water partition coefficient (Wildman–Crippen LogP) is 6.22. The van der Waals surface area contributed by atoms with Crippen LogP contribution in [0.1, 0.15) is 83.1 Å². The summed E-state index contributed by atoms with van der Waals surface area (Å²) in [6.45, 7) is 7.13. The van der Waals surface area contributed by atoms with Crippen molar-refractivity contribution in [3.63, 3.8) is 0 Å². The number of carbonyl (C=O) groups is 1. The summed E-state index contributed by atoms with van der Waals surface area (Å²) in [6, 6.07) is 15.4. The number of hydrogen-bond acceptors (Lipinski definition) is 3. The van der Waals surface area contributed by atoms with E-state index in [0.717, 1.165) is 44.2 Å². The number of aromatic nitrogens is 2. The van der Waals surface area contributed by atoms with Crippen LogP contribution >= 0.6 is 0 Å². The van der Waals surface area contributed by atoms with Gasteiger partial charge in [0.1, 0.15) is 5.82 Å². The van der Waals surface area contributed by atoms with Gasteiger partial charge in [-0.15, -0.1) is 0 Å². The summed E-state index contributed by atoms with van der Waals surface area (Å²) in [6.07, 6.45) is 8.01. The lowest BCUT2D eigenvalue weighted by molar-refractivity contribution is -0.135. The molecule has 2 aromatic carbocycles. The molecular formula is C29H37N3O2. The molecule has 34 heavy (non-hydrogen) atoms. The zero-order chi connectivity index (χ0) is 24.1. The van der Waals surface area contributed by atoms with E-state index in [9.17, 15) is 9.59 Å². The van der Waals surface area contributed by atoms with Crippen molar-refractivity contribution in [1.29, 1.82) is 0 Å². The molecule has 1 aliphatic rings. The Morgan fingerprint density at radius 2 is 1.76 bits per heavy atom. The first-order valence-corrected chi connectivity index (χ1v) is 13.0. The Bertz CT molecular complexity index is 1180. The van der Waals surface area contributed by atoms with E-state index >= 15 is 0 Å². The van der Waals surface area contributed by atoms with Crippen molar-refractivity contribution in [2.75, 3.05) is 6.54 Å². The first-order valence-electron chi connectivity index (χ1n) is 13.0. The lowest BCUT2D eigenvalue weighted by Crippen LogP contribution is -2.40. The second-order valence-corrected chi connectivity index (χ2v) is 9.44. The molecule has 0 aliphatic heterocycles. The van der Waals surface area contributed by atoms with Gasteiger partial charge in [-0.25, -0.2) is 4.98 Å². The third-order valence-corrected chi connectivity index (χ3v) is 6.93. The van der Waals surface area contributed by atoms with Gasteiger partial charge in [-0.2, -0.15) is 0 Å². The van der Waals surface area contributed by atoms with Crippen molar-refractivity contribution in [2.24, 2.45) is 5.92 Å². The molecule has 3 aromatic rings. The quantitative estimate of drug-likeness (QED) is 0.320. The molecule has 1 unspecified atom stereocenters. The molecule has 0 bridgehead atoms. The second kappa shape index (κ2) is 11.0. The molecule has 0 N–H and O–H groups in total. The van der Waals surface area contributed by atoms with Gasteiger partial charge < -0.3 is 4.90 Å². The van der Waals surface area contributed by atoms with Gasteiger partial charge in [0.2, 0.25) is 5.91 Å². The van der Waals surface area contributed by atoms with Gasteiger partial charge in [-0.1, -0.05) is 64.3 Å². The van der Waals surface area contributed by atoms with E-state index in [1.165, 1.54) is 12.0 Å².